The van der Waals surface area contributed by atoms with Gasteiger partial charge in [-0.2, -0.15) is 0 Å². The van der Waals surface area contributed by atoms with Crippen molar-refractivity contribution < 1.29 is 9.53 Å². The van der Waals surface area contributed by atoms with E-state index in [0.29, 0.717) is 11.5 Å². The maximum absolute atomic E-state index is 11.8. The predicted molar refractivity (Wildman–Crippen MR) is 59.4 cm³/mol. The molecule has 2 aliphatic rings. The Hall–Kier alpha value is -0.790. The normalized spacial score (nSPS) is 24.6. The average Bonchev–Trinajstić information content (AvgIpc) is 2.96. The van der Waals surface area contributed by atoms with Crippen molar-refractivity contribution >= 4 is 5.97 Å². The van der Waals surface area contributed by atoms with Crippen LogP contribution in [0.3, 0.4) is 0 Å². The molecule has 0 atom stereocenters. The summed E-state index contributed by atoms with van der Waals surface area (Å²) in [6.07, 6.45) is 8.02. The molecule has 0 bridgehead atoms. The van der Waals surface area contributed by atoms with Gasteiger partial charge in [0.15, 0.2) is 0 Å². The number of carbonyl (C=O) groups is 1. The van der Waals surface area contributed by atoms with E-state index in [2.05, 4.69) is 6.58 Å². The van der Waals surface area contributed by atoms with Crippen LogP contribution >= 0.6 is 0 Å². The molecule has 0 heterocycles. The van der Waals surface area contributed by atoms with Crippen molar-refractivity contribution in [1.29, 1.82) is 0 Å². The van der Waals surface area contributed by atoms with E-state index < -0.39 is 0 Å². The van der Waals surface area contributed by atoms with Crippen molar-refractivity contribution in [2.24, 2.45) is 5.92 Å². The Morgan fingerprint density at radius 2 is 1.87 bits per heavy atom. The second-order valence-corrected chi connectivity index (χ2v) is 5.20. The molecule has 15 heavy (non-hydrogen) atoms. The van der Waals surface area contributed by atoms with Crippen LogP contribution in [0.2, 0.25) is 0 Å². The Labute approximate surface area is 91.7 Å². The molecule has 0 aromatic carbocycles. The molecule has 2 heteroatoms. The Morgan fingerprint density at radius 3 is 2.40 bits per heavy atom. The highest BCUT2D eigenvalue weighted by Gasteiger charge is 2.42. The first-order valence-corrected chi connectivity index (χ1v) is 6.03. The lowest BCUT2D eigenvalue weighted by Gasteiger charge is -2.23. The minimum atomic E-state index is -0.158. The average molecular weight is 208 g/mol. The topological polar surface area (TPSA) is 26.3 Å². The highest BCUT2D eigenvalue weighted by Crippen LogP contribution is 2.40. The number of hydrogen-bond donors (Lipinski definition) is 0. The van der Waals surface area contributed by atoms with Crippen molar-refractivity contribution in [3.05, 3.63) is 12.2 Å². The zero-order valence-corrected chi connectivity index (χ0v) is 9.55. The predicted octanol–water partition coefficient (Wildman–Crippen LogP) is 3.22. The maximum Gasteiger partial charge on any atom is 0.334 e. The highest BCUT2D eigenvalue weighted by atomic mass is 16.6. The summed E-state index contributed by atoms with van der Waals surface area (Å²) in [6.45, 7) is 5.91. The quantitative estimate of drug-likeness (QED) is 0.526. The van der Waals surface area contributed by atoms with Crippen LogP contribution in [0.5, 0.6) is 0 Å². The van der Waals surface area contributed by atoms with E-state index in [-0.39, 0.29) is 11.6 Å². The van der Waals surface area contributed by atoms with Gasteiger partial charge in [0, 0.05) is 5.57 Å². The van der Waals surface area contributed by atoms with Crippen LogP contribution in [-0.2, 0) is 9.53 Å². The van der Waals surface area contributed by atoms with E-state index >= 15 is 0 Å². The zero-order chi connectivity index (χ0) is 10.9. The van der Waals surface area contributed by atoms with Crippen molar-refractivity contribution in [1.82, 2.24) is 0 Å². The standard InChI is InChI=1S/C13H20O2/c1-10(11-6-4-3-5-7-11)12(14)15-13(2)8-9-13/h11H,1,3-9H2,2H3. The van der Waals surface area contributed by atoms with Crippen LogP contribution < -0.4 is 0 Å². The van der Waals surface area contributed by atoms with Gasteiger partial charge in [0.1, 0.15) is 5.60 Å². The number of esters is 1. The fourth-order valence-corrected chi connectivity index (χ4v) is 2.19. The second kappa shape index (κ2) is 3.99. The minimum absolute atomic E-state index is 0.151. The van der Waals surface area contributed by atoms with Crippen molar-refractivity contribution in [2.75, 3.05) is 0 Å². The second-order valence-electron chi connectivity index (χ2n) is 5.20. The lowest BCUT2D eigenvalue weighted by atomic mass is 9.84. The summed E-state index contributed by atoms with van der Waals surface area (Å²) in [5.74, 6) is 0.232. The third-order valence-electron chi connectivity index (χ3n) is 3.65. The summed E-state index contributed by atoms with van der Waals surface area (Å²) in [5, 5.41) is 0. The fraction of sp³-hybridized carbons (Fsp3) is 0.769. The van der Waals surface area contributed by atoms with E-state index in [0.717, 1.165) is 25.7 Å². The molecule has 0 amide bonds. The van der Waals surface area contributed by atoms with Crippen molar-refractivity contribution in [2.45, 2.75) is 57.5 Å². The lowest BCUT2D eigenvalue weighted by molar-refractivity contribution is -0.146. The van der Waals surface area contributed by atoms with Gasteiger partial charge in [-0.25, -0.2) is 4.79 Å². The highest BCUT2D eigenvalue weighted by molar-refractivity contribution is 5.88. The molecule has 84 valence electrons. The zero-order valence-electron chi connectivity index (χ0n) is 9.55. The Morgan fingerprint density at radius 1 is 1.27 bits per heavy atom. The Bertz CT molecular complexity index is 270. The summed E-state index contributed by atoms with van der Waals surface area (Å²) >= 11 is 0. The summed E-state index contributed by atoms with van der Waals surface area (Å²) < 4.78 is 5.43. The number of ether oxygens (including phenoxy) is 1. The van der Waals surface area contributed by atoms with Crippen LogP contribution in [0.25, 0.3) is 0 Å². The van der Waals surface area contributed by atoms with Gasteiger partial charge < -0.3 is 4.74 Å². The monoisotopic (exact) mass is 208 g/mol. The van der Waals surface area contributed by atoms with E-state index in [1.807, 2.05) is 6.92 Å². The van der Waals surface area contributed by atoms with E-state index in [1.165, 1.54) is 19.3 Å². The molecule has 0 unspecified atom stereocenters. The molecule has 0 spiro atoms. The van der Waals surface area contributed by atoms with Gasteiger partial charge >= 0.3 is 5.97 Å². The lowest BCUT2D eigenvalue weighted by Crippen LogP contribution is -2.22. The third-order valence-corrected chi connectivity index (χ3v) is 3.65. The number of hydrogen-bond acceptors (Lipinski definition) is 2. The molecular formula is C13H20O2. The molecule has 0 saturated heterocycles. The molecule has 0 radical (unpaired) electrons. The third kappa shape index (κ3) is 2.61. The first-order valence-electron chi connectivity index (χ1n) is 6.03. The molecule has 2 rings (SSSR count). The van der Waals surface area contributed by atoms with Crippen LogP contribution in [0, 0.1) is 5.92 Å². The Balaban J connectivity index is 1.86. The van der Waals surface area contributed by atoms with Gasteiger partial charge in [0.05, 0.1) is 0 Å². The van der Waals surface area contributed by atoms with Gasteiger partial charge in [-0.15, -0.1) is 0 Å². The number of rotatable bonds is 3. The smallest absolute Gasteiger partial charge is 0.334 e. The minimum Gasteiger partial charge on any atom is -0.456 e. The van der Waals surface area contributed by atoms with E-state index in [4.69, 9.17) is 4.74 Å². The van der Waals surface area contributed by atoms with Gasteiger partial charge in [-0.1, -0.05) is 25.8 Å². The Kier molecular flexibility index (Phi) is 2.85. The van der Waals surface area contributed by atoms with Crippen molar-refractivity contribution in [3.8, 4) is 0 Å². The molecule has 2 fully saturated rings. The van der Waals surface area contributed by atoms with Gasteiger partial charge in [0.25, 0.3) is 0 Å². The van der Waals surface area contributed by atoms with Gasteiger partial charge in [-0.3, -0.25) is 0 Å². The van der Waals surface area contributed by atoms with Crippen LogP contribution in [0.15, 0.2) is 12.2 Å². The fourth-order valence-electron chi connectivity index (χ4n) is 2.19. The summed E-state index contributed by atoms with van der Waals surface area (Å²) in [5.41, 5.74) is 0.553. The number of carbonyl (C=O) groups excluding carboxylic acids is 1. The SMILES string of the molecule is C=C(C(=O)OC1(C)CC1)C1CCCCC1. The van der Waals surface area contributed by atoms with E-state index in [9.17, 15) is 4.79 Å². The van der Waals surface area contributed by atoms with Crippen LogP contribution in [0.1, 0.15) is 51.9 Å². The summed E-state index contributed by atoms with van der Waals surface area (Å²) in [4.78, 5) is 11.8. The molecule has 0 aromatic rings. The van der Waals surface area contributed by atoms with Gasteiger partial charge in [0.2, 0.25) is 0 Å². The maximum atomic E-state index is 11.8. The molecular weight excluding hydrogens is 188 g/mol. The first-order chi connectivity index (χ1) is 7.11. The molecule has 2 nitrogen and oxygen atoms in total. The molecule has 0 N–H and O–H groups in total. The van der Waals surface area contributed by atoms with Crippen LogP contribution in [-0.4, -0.2) is 11.6 Å². The molecule has 2 saturated carbocycles. The molecule has 0 aliphatic heterocycles. The summed E-state index contributed by atoms with van der Waals surface area (Å²) in [7, 11) is 0. The molecule has 2 aliphatic carbocycles. The van der Waals surface area contributed by atoms with Crippen molar-refractivity contribution in [3.63, 3.8) is 0 Å². The largest absolute Gasteiger partial charge is 0.456 e. The van der Waals surface area contributed by atoms with E-state index in [1.54, 1.807) is 0 Å². The first kappa shape index (κ1) is 10.7. The molecule has 0 aromatic heterocycles. The van der Waals surface area contributed by atoms with Crippen LogP contribution in [0.4, 0.5) is 0 Å². The summed E-state index contributed by atoms with van der Waals surface area (Å²) in [6, 6.07) is 0. The van der Waals surface area contributed by atoms with Gasteiger partial charge in [-0.05, 0) is 38.5 Å².